The Labute approximate surface area is 115 Å². The standard InChI is InChI=1S/C14H14N4O2/c1-14(2,13(19)20)18-8-9(7-17-18)10-3-5-15-12-11(10)4-6-16-12/h3-8H,1-2H3,(H,15,16)(H,19,20). The molecule has 2 N–H and O–H groups in total. The highest BCUT2D eigenvalue weighted by molar-refractivity contribution is 5.92. The van der Waals surface area contributed by atoms with Gasteiger partial charge in [0.1, 0.15) is 5.65 Å². The minimum Gasteiger partial charge on any atom is -0.479 e. The number of aromatic amines is 1. The Morgan fingerprint density at radius 3 is 2.95 bits per heavy atom. The maximum Gasteiger partial charge on any atom is 0.331 e. The van der Waals surface area contributed by atoms with Crippen molar-refractivity contribution in [2.24, 2.45) is 0 Å². The van der Waals surface area contributed by atoms with Gasteiger partial charge in [0.05, 0.1) is 6.20 Å². The minimum atomic E-state index is -1.08. The molecule has 0 amide bonds. The van der Waals surface area contributed by atoms with E-state index in [-0.39, 0.29) is 0 Å². The number of hydrogen-bond acceptors (Lipinski definition) is 3. The molecule has 20 heavy (non-hydrogen) atoms. The lowest BCUT2D eigenvalue weighted by Gasteiger charge is -2.19. The number of carboxylic acid groups (broad SMARTS) is 1. The van der Waals surface area contributed by atoms with Gasteiger partial charge in [0, 0.05) is 29.5 Å². The summed E-state index contributed by atoms with van der Waals surface area (Å²) in [6.45, 7) is 3.23. The highest BCUT2D eigenvalue weighted by atomic mass is 16.4. The van der Waals surface area contributed by atoms with Gasteiger partial charge in [0.2, 0.25) is 0 Å². The highest BCUT2D eigenvalue weighted by Crippen LogP contribution is 2.28. The molecule has 0 aliphatic carbocycles. The van der Waals surface area contributed by atoms with E-state index in [4.69, 9.17) is 0 Å². The Bertz CT molecular complexity index is 785. The van der Waals surface area contributed by atoms with Gasteiger partial charge >= 0.3 is 5.97 Å². The zero-order chi connectivity index (χ0) is 14.3. The SMILES string of the molecule is CC(C)(C(=O)O)n1cc(-c2ccnc3[nH]ccc23)cn1. The predicted octanol–water partition coefficient (Wildman–Crippen LogP) is 2.25. The molecule has 0 bridgehead atoms. The van der Waals surface area contributed by atoms with Crippen molar-refractivity contribution in [2.75, 3.05) is 0 Å². The number of pyridine rings is 1. The second kappa shape index (κ2) is 4.19. The van der Waals surface area contributed by atoms with Crippen molar-refractivity contribution < 1.29 is 9.90 Å². The van der Waals surface area contributed by atoms with E-state index < -0.39 is 11.5 Å². The normalized spacial score (nSPS) is 11.9. The van der Waals surface area contributed by atoms with Crippen LogP contribution in [0, 0.1) is 0 Å². The Morgan fingerprint density at radius 2 is 2.20 bits per heavy atom. The third-order valence-electron chi connectivity index (χ3n) is 3.45. The molecule has 102 valence electrons. The summed E-state index contributed by atoms with van der Waals surface area (Å²) in [6, 6.07) is 3.84. The van der Waals surface area contributed by atoms with Crippen LogP contribution in [0.25, 0.3) is 22.2 Å². The van der Waals surface area contributed by atoms with Crippen LogP contribution >= 0.6 is 0 Å². The maximum atomic E-state index is 11.3. The number of carbonyl (C=O) groups is 1. The van der Waals surface area contributed by atoms with Gasteiger partial charge < -0.3 is 10.1 Å². The molecule has 0 atom stereocenters. The molecule has 0 aromatic carbocycles. The molecule has 3 aromatic rings. The number of rotatable bonds is 3. The van der Waals surface area contributed by atoms with Crippen LogP contribution < -0.4 is 0 Å². The molecule has 6 nitrogen and oxygen atoms in total. The number of fused-ring (bicyclic) bond motifs is 1. The molecule has 3 heterocycles. The van der Waals surface area contributed by atoms with E-state index >= 15 is 0 Å². The number of carboxylic acids is 1. The molecular weight excluding hydrogens is 256 g/mol. The summed E-state index contributed by atoms with van der Waals surface area (Å²) in [5, 5.41) is 14.4. The summed E-state index contributed by atoms with van der Waals surface area (Å²) in [7, 11) is 0. The van der Waals surface area contributed by atoms with Crippen LogP contribution in [-0.4, -0.2) is 30.8 Å². The van der Waals surface area contributed by atoms with E-state index in [2.05, 4.69) is 15.1 Å². The van der Waals surface area contributed by atoms with Crippen molar-refractivity contribution in [3.8, 4) is 11.1 Å². The summed E-state index contributed by atoms with van der Waals surface area (Å²) in [6.07, 6.45) is 6.96. The Balaban J connectivity index is 2.11. The van der Waals surface area contributed by atoms with E-state index in [1.165, 1.54) is 4.68 Å². The van der Waals surface area contributed by atoms with Crippen LogP contribution in [-0.2, 0) is 10.3 Å². The highest BCUT2D eigenvalue weighted by Gasteiger charge is 2.30. The number of aliphatic carboxylic acids is 1. The largest absolute Gasteiger partial charge is 0.479 e. The third-order valence-corrected chi connectivity index (χ3v) is 3.45. The summed E-state index contributed by atoms with van der Waals surface area (Å²) >= 11 is 0. The molecule has 0 radical (unpaired) electrons. The van der Waals surface area contributed by atoms with Crippen molar-refractivity contribution in [3.05, 3.63) is 36.9 Å². The van der Waals surface area contributed by atoms with Crippen LogP contribution in [0.3, 0.4) is 0 Å². The van der Waals surface area contributed by atoms with Gasteiger partial charge in [-0.1, -0.05) is 0 Å². The van der Waals surface area contributed by atoms with Crippen LogP contribution in [0.15, 0.2) is 36.9 Å². The van der Waals surface area contributed by atoms with Crippen molar-refractivity contribution in [1.82, 2.24) is 19.7 Å². The molecule has 0 saturated carbocycles. The maximum absolute atomic E-state index is 11.3. The summed E-state index contributed by atoms with van der Waals surface area (Å²) in [5.41, 5.74) is 1.56. The lowest BCUT2D eigenvalue weighted by molar-refractivity contribution is -0.146. The fourth-order valence-electron chi connectivity index (χ4n) is 2.08. The first-order valence-corrected chi connectivity index (χ1v) is 6.21. The van der Waals surface area contributed by atoms with Crippen LogP contribution in [0.5, 0.6) is 0 Å². The number of nitrogens with zero attached hydrogens (tertiary/aromatic N) is 3. The smallest absolute Gasteiger partial charge is 0.331 e. The lowest BCUT2D eigenvalue weighted by Crippen LogP contribution is -2.35. The molecule has 3 rings (SSSR count). The van der Waals surface area contributed by atoms with Gasteiger partial charge in [-0.15, -0.1) is 0 Å². The average molecular weight is 270 g/mol. The van der Waals surface area contributed by atoms with Gasteiger partial charge in [-0.2, -0.15) is 5.10 Å². The molecule has 0 aliphatic rings. The Kier molecular flexibility index (Phi) is 2.60. The molecule has 6 heteroatoms. The second-order valence-electron chi connectivity index (χ2n) is 5.14. The van der Waals surface area contributed by atoms with Crippen molar-refractivity contribution in [2.45, 2.75) is 19.4 Å². The monoisotopic (exact) mass is 270 g/mol. The summed E-state index contributed by atoms with van der Waals surface area (Å²) < 4.78 is 1.46. The molecule has 0 saturated heterocycles. The van der Waals surface area contributed by atoms with E-state index in [1.807, 2.05) is 18.3 Å². The van der Waals surface area contributed by atoms with Gasteiger partial charge in [0.25, 0.3) is 0 Å². The number of nitrogens with one attached hydrogen (secondary N) is 1. The first-order valence-electron chi connectivity index (χ1n) is 6.21. The van der Waals surface area contributed by atoms with Gasteiger partial charge in [0.15, 0.2) is 5.54 Å². The summed E-state index contributed by atoms with van der Waals surface area (Å²) in [5.74, 6) is -0.923. The van der Waals surface area contributed by atoms with Crippen molar-refractivity contribution >= 4 is 17.0 Å². The first-order chi connectivity index (χ1) is 9.50. The number of H-pyrrole nitrogens is 1. The third kappa shape index (κ3) is 1.77. The average Bonchev–Trinajstić information content (AvgIpc) is 3.07. The van der Waals surface area contributed by atoms with Crippen LogP contribution in [0.1, 0.15) is 13.8 Å². The Morgan fingerprint density at radius 1 is 1.40 bits per heavy atom. The molecule has 0 unspecified atom stereocenters. The van der Waals surface area contributed by atoms with Crippen LogP contribution in [0.2, 0.25) is 0 Å². The second-order valence-corrected chi connectivity index (χ2v) is 5.14. The van der Waals surface area contributed by atoms with Crippen LogP contribution in [0.4, 0.5) is 0 Å². The lowest BCUT2D eigenvalue weighted by atomic mass is 10.1. The number of aromatic nitrogens is 4. The van der Waals surface area contributed by atoms with E-state index in [0.29, 0.717) is 0 Å². The van der Waals surface area contributed by atoms with E-state index in [1.54, 1.807) is 32.4 Å². The molecule has 0 spiro atoms. The number of hydrogen-bond donors (Lipinski definition) is 2. The van der Waals surface area contributed by atoms with Gasteiger partial charge in [-0.25, -0.2) is 9.78 Å². The molecule has 0 aliphatic heterocycles. The summed E-state index contributed by atoms with van der Waals surface area (Å²) in [4.78, 5) is 18.5. The van der Waals surface area contributed by atoms with Crippen molar-refractivity contribution in [3.63, 3.8) is 0 Å². The first kappa shape index (κ1) is 12.4. The Hall–Kier alpha value is -2.63. The predicted molar refractivity (Wildman–Crippen MR) is 74.3 cm³/mol. The molecular formula is C14H14N4O2. The fraction of sp³-hybridized carbons (Fsp3) is 0.214. The minimum absolute atomic E-state index is 0.799. The zero-order valence-electron chi connectivity index (χ0n) is 11.2. The topological polar surface area (TPSA) is 83.8 Å². The molecule has 0 fully saturated rings. The van der Waals surface area contributed by atoms with Crippen molar-refractivity contribution in [1.29, 1.82) is 0 Å². The van der Waals surface area contributed by atoms with E-state index in [0.717, 1.165) is 22.2 Å². The fourth-order valence-corrected chi connectivity index (χ4v) is 2.08. The van der Waals surface area contributed by atoms with E-state index in [9.17, 15) is 9.90 Å². The zero-order valence-corrected chi connectivity index (χ0v) is 11.2. The molecule has 3 aromatic heterocycles. The van der Waals surface area contributed by atoms with Gasteiger partial charge in [-0.3, -0.25) is 4.68 Å². The quantitative estimate of drug-likeness (QED) is 0.764. The van der Waals surface area contributed by atoms with Gasteiger partial charge in [-0.05, 0) is 31.5 Å².